The van der Waals surface area contributed by atoms with E-state index in [9.17, 15) is 19.7 Å². The van der Waals surface area contributed by atoms with Gasteiger partial charge in [0.1, 0.15) is 0 Å². The minimum atomic E-state index is -0.779. The second kappa shape index (κ2) is 13.8. The van der Waals surface area contributed by atoms with E-state index in [1.165, 1.54) is 0 Å². The predicted octanol–water partition coefficient (Wildman–Crippen LogP) is 4.34. The van der Waals surface area contributed by atoms with E-state index in [2.05, 4.69) is 44.9 Å². The third-order valence-electron chi connectivity index (χ3n) is 9.97. The molecule has 1 aliphatic heterocycles. The number of nitrogens with two attached hydrogens (primary N) is 1. The van der Waals surface area contributed by atoms with E-state index in [1.54, 1.807) is 6.92 Å². The molecule has 0 aromatic heterocycles. The van der Waals surface area contributed by atoms with Gasteiger partial charge in [0.2, 0.25) is 5.91 Å². The van der Waals surface area contributed by atoms with Crippen LogP contribution in [0.3, 0.4) is 0 Å². The van der Waals surface area contributed by atoms with Crippen molar-refractivity contribution in [1.29, 1.82) is 0 Å². The number of carbonyl (C=O) groups is 2. The van der Waals surface area contributed by atoms with Crippen molar-refractivity contribution in [3.05, 3.63) is 51.6 Å². The second-order valence-corrected chi connectivity index (χ2v) is 13.9. The highest BCUT2D eigenvalue weighted by atomic mass is 16.7. The molecule has 12 heteroatoms. The first-order valence-electron chi connectivity index (χ1n) is 15.8. The van der Waals surface area contributed by atoms with Crippen LogP contribution in [0.5, 0.6) is 0 Å². The number of nitrogens with one attached hydrogen (secondary N) is 2. The van der Waals surface area contributed by atoms with Crippen LogP contribution in [0.25, 0.3) is 6.08 Å². The van der Waals surface area contributed by atoms with E-state index in [0.29, 0.717) is 36.7 Å². The molecular formula is C32H48BN5O6. The molecule has 3 saturated carbocycles. The zero-order chi connectivity index (χ0) is 32.2. The van der Waals surface area contributed by atoms with Crippen LogP contribution in [0, 0.1) is 39.2 Å². The fourth-order valence-electron chi connectivity index (χ4n) is 7.37. The summed E-state index contributed by atoms with van der Waals surface area (Å²) in [6.07, 6.45) is 5.36. The molecule has 240 valence electrons. The number of benzene rings is 1. The lowest BCUT2D eigenvalue weighted by Gasteiger charge is -2.64. The van der Waals surface area contributed by atoms with Crippen LogP contribution in [0.15, 0.2) is 40.9 Å². The molecule has 4 fully saturated rings. The molecule has 3 aliphatic carbocycles. The maximum atomic E-state index is 13.9. The summed E-state index contributed by atoms with van der Waals surface area (Å²) in [5.74, 6) is -0.389. The monoisotopic (exact) mass is 609 g/mol. The van der Waals surface area contributed by atoms with Crippen LogP contribution >= 0.6 is 0 Å². The zero-order valence-electron chi connectivity index (χ0n) is 26.9. The first-order chi connectivity index (χ1) is 20.7. The predicted molar refractivity (Wildman–Crippen MR) is 171 cm³/mol. The lowest BCUT2D eigenvalue weighted by Crippen LogP contribution is -2.65. The molecule has 0 radical (unpaired) electrons. The zero-order valence-corrected chi connectivity index (χ0v) is 26.9. The van der Waals surface area contributed by atoms with Crippen LogP contribution < -0.4 is 16.5 Å². The molecular weight excluding hydrogens is 561 g/mol. The second-order valence-electron chi connectivity index (χ2n) is 13.9. The lowest BCUT2D eigenvalue weighted by atomic mass is 9.43. The van der Waals surface area contributed by atoms with Gasteiger partial charge in [-0.25, -0.2) is 15.1 Å². The van der Waals surface area contributed by atoms with Crippen molar-refractivity contribution >= 4 is 30.8 Å². The number of Topliss-reactive ketones (excluding diaryl/α,β-unsaturated/α-hetero) is 1. The van der Waals surface area contributed by atoms with Gasteiger partial charge in [0.25, 0.3) is 5.96 Å². The van der Waals surface area contributed by atoms with Crippen LogP contribution in [0.4, 0.5) is 0 Å². The van der Waals surface area contributed by atoms with Gasteiger partial charge in [0, 0.05) is 18.9 Å². The van der Waals surface area contributed by atoms with E-state index in [4.69, 9.17) is 15.0 Å². The summed E-state index contributed by atoms with van der Waals surface area (Å²) in [6, 6.07) is 9.56. The third-order valence-corrected chi connectivity index (χ3v) is 9.97. The Morgan fingerprint density at radius 2 is 1.93 bits per heavy atom. The average molecular weight is 610 g/mol. The smallest absolute Gasteiger partial charge is 0.404 e. The van der Waals surface area contributed by atoms with E-state index >= 15 is 0 Å². The largest absolute Gasteiger partial charge is 0.481 e. The molecule has 4 aliphatic rings. The Kier molecular flexibility index (Phi) is 10.6. The number of amides is 1. The van der Waals surface area contributed by atoms with Crippen LogP contribution in [-0.2, 0) is 18.9 Å². The highest BCUT2D eigenvalue weighted by molar-refractivity contribution is 6.47. The molecule has 11 nitrogen and oxygen atoms in total. The van der Waals surface area contributed by atoms with Gasteiger partial charge in [-0.1, -0.05) is 63.5 Å². The topological polar surface area (TPSA) is 158 Å². The van der Waals surface area contributed by atoms with E-state index in [0.717, 1.165) is 18.4 Å². The number of nitro groups is 1. The van der Waals surface area contributed by atoms with Crippen molar-refractivity contribution < 1.29 is 23.9 Å². The third kappa shape index (κ3) is 7.69. The maximum Gasteiger partial charge on any atom is 0.481 e. The molecule has 0 unspecified atom stereocenters. The Morgan fingerprint density at radius 3 is 2.57 bits per heavy atom. The summed E-state index contributed by atoms with van der Waals surface area (Å²) in [5, 5.41) is 13.1. The number of rotatable bonds is 14. The Bertz CT molecular complexity index is 1270. The number of aliphatic imine (C=N–C) groups is 1. The van der Waals surface area contributed by atoms with Gasteiger partial charge < -0.3 is 20.4 Å². The van der Waals surface area contributed by atoms with Crippen LogP contribution in [-0.4, -0.2) is 54.0 Å². The van der Waals surface area contributed by atoms with Gasteiger partial charge in [-0.2, -0.15) is 0 Å². The highest BCUT2D eigenvalue weighted by Crippen LogP contribution is 2.65. The summed E-state index contributed by atoms with van der Waals surface area (Å²) < 4.78 is 13.3. The van der Waals surface area contributed by atoms with Crippen molar-refractivity contribution in [2.75, 3.05) is 6.54 Å². The Balaban J connectivity index is 1.48. The maximum absolute atomic E-state index is 13.9. The molecule has 1 saturated heterocycles. The van der Waals surface area contributed by atoms with Crippen molar-refractivity contribution in [3.8, 4) is 0 Å². The molecule has 1 aromatic rings. The van der Waals surface area contributed by atoms with Gasteiger partial charge in [0.05, 0.1) is 17.6 Å². The lowest BCUT2D eigenvalue weighted by molar-refractivity contribution is -0.525. The van der Waals surface area contributed by atoms with E-state index in [1.807, 2.05) is 41.8 Å². The summed E-state index contributed by atoms with van der Waals surface area (Å²) in [6.45, 7) is 12.9. The normalized spacial score (nSPS) is 27.2. The van der Waals surface area contributed by atoms with Gasteiger partial charge in [-0.3, -0.25) is 9.59 Å². The summed E-state index contributed by atoms with van der Waals surface area (Å²) in [4.78, 5) is 41.8. The Morgan fingerprint density at radius 1 is 1.23 bits per heavy atom. The Labute approximate surface area is 261 Å². The molecule has 1 heterocycles. The van der Waals surface area contributed by atoms with Gasteiger partial charge >= 0.3 is 7.12 Å². The van der Waals surface area contributed by atoms with Gasteiger partial charge in [0.15, 0.2) is 10.8 Å². The molecule has 5 rings (SSSR count). The molecule has 0 spiro atoms. The quantitative estimate of drug-likeness (QED) is 0.0535. The number of ketones is 1. The van der Waals surface area contributed by atoms with Crippen molar-refractivity contribution in [2.24, 2.45) is 39.8 Å². The SMILES string of the molecule is C/C(=C\c1ccccc1)C(=O)C[C@@H](CCCN=C(N)N[N+](=O)[O-])C(=O)N[C@@H](CC(C)C)B1O[C@@H]2C[C@H]3C[C@H](C3(C)C)[C@]2(C)O1. The minimum Gasteiger partial charge on any atom is -0.404 e. The summed E-state index contributed by atoms with van der Waals surface area (Å²) in [7, 11) is -0.569. The number of allylic oxidation sites excluding steroid dienone is 1. The summed E-state index contributed by atoms with van der Waals surface area (Å²) >= 11 is 0. The first kappa shape index (κ1) is 33.6. The number of hydrogen-bond donors (Lipinski definition) is 3. The molecule has 1 aromatic carbocycles. The van der Waals surface area contributed by atoms with Crippen molar-refractivity contribution in [2.45, 2.75) is 97.7 Å². The Hall–Kier alpha value is -3.25. The minimum absolute atomic E-state index is 0.00455. The number of carbonyl (C=O) groups excluding carboxylic acids is 2. The van der Waals surface area contributed by atoms with Gasteiger partial charge in [-0.05, 0) is 86.3 Å². The van der Waals surface area contributed by atoms with Crippen LogP contribution in [0.1, 0.15) is 85.6 Å². The first-order valence-corrected chi connectivity index (χ1v) is 15.8. The average Bonchev–Trinajstić information content (AvgIpc) is 3.31. The van der Waals surface area contributed by atoms with E-state index < -0.39 is 23.7 Å². The molecule has 1 amide bonds. The summed E-state index contributed by atoms with van der Waals surface area (Å²) in [5.41, 5.74) is 8.64. The molecule has 6 atom stereocenters. The standard InChI is InChI=1S/C32H48BN5O6/c1-20(2)15-28(33-43-27-19-24-18-26(31(24,4)5)32(27,6)44-33)36-29(40)23(13-10-14-35-30(34)37-38(41)42)17-25(39)21(3)16-22-11-8-7-9-12-22/h7-9,11-12,16,20,23-24,26-28H,10,13-15,17-19H2,1-6H3,(H,36,40)(H3,34,35,37)/b21-16+/t23-,24-,26-,27-,28+,32+/m1/s1. The number of guanidine groups is 1. The van der Waals surface area contributed by atoms with Gasteiger partial charge in [-0.15, -0.1) is 0 Å². The fourth-order valence-corrected chi connectivity index (χ4v) is 7.37. The van der Waals surface area contributed by atoms with E-state index in [-0.39, 0.29) is 54.0 Å². The molecule has 2 bridgehead atoms. The number of nitrogens with zero attached hydrogens (tertiary/aromatic N) is 2. The highest BCUT2D eigenvalue weighted by Gasteiger charge is 2.68. The number of hydrogen-bond acceptors (Lipinski definition) is 7. The van der Waals surface area contributed by atoms with Crippen LogP contribution in [0.2, 0.25) is 0 Å². The number of hydrazine groups is 1. The fraction of sp³-hybridized carbons (Fsp3) is 0.656. The van der Waals surface area contributed by atoms with Crippen molar-refractivity contribution in [3.63, 3.8) is 0 Å². The molecule has 4 N–H and O–H groups in total. The van der Waals surface area contributed by atoms with Crippen molar-refractivity contribution in [1.82, 2.24) is 10.7 Å². The molecule has 44 heavy (non-hydrogen) atoms.